The van der Waals surface area contributed by atoms with E-state index in [9.17, 15) is 13.2 Å². The van der Waals surface area contributed by atoms with Gasteiger partial charge < -0.3 is 14.8 Å². The first kappa shape index (κ1) is 22.0. The van der Waals surface area contributed by atoms with Crippen LogP contribution in [-0.4, -0.2) is 32.0 Å². The number of nitrogens with one attached hydrogen (secondary N) is 1. The number of alkyl halides is 3. The second-order valence-electron chi connectivity index (χ2n) is 8.81. The average Bonchev–Trinajstić information content (AvgIpc) is 2.68. The van der Waals surface area contributed by atoms with Gasteiger partial charge in [-0.05, 0) is 44.2 Å². The second kappa shape index (κ2) is 9.51. The number of rotatable bonds is 7. The zero-order chi connectivity index (χ0) is 21.8. The summed E-state index contributed by atoms with van der Waals surface area (Å²) in [6.07, 6.45) is -1.80. The van der Waals surface area contributed by atoms with Crippen LogP contribution in [0.1, 0.15) is 48.3 Å². The molecule has 3 nitrogen and oxygen atoms in total. The summed E-state index contributed by atoms with van der Waals surface area (Å²) in [6.45, 7) is 4.05. The molecular weight excluding hydrogens is 403 g/mol. The fraction of sp³-hybridized carbons (Fsp3) is 0.520. The maximum Gasteiger partial charge on any atom is 0.391 e. The molecule has 2 aliphatic rings. The SMILES string of the molecule is Cc1cccc(CCOc2cc(NC3CCC(C(F)(F)F)CC3)ccc2C2COC2)c1. The summed E-state index contributed by atoms with van der Waals surface area (Å²) in [6, 6.07) is 14.5. The number of halogens is 3. The zero-order valence-electron chi connectivity index (χ0n) is 17.9. The van der Waals surface area contributed by atoms with Gasteiger partial charge in [-0.1, -0.05) is 35.9 Å². The van der Waals surface area contributed by atoms with Crippen LogP contribution in [0.4, 0.5) is 18.9 Å². The van der Waals surface area contributed by atoms with Crippen molar-refractivity contribution in [2.45, 2.75) is 57.2 Å². The fourth-order valence-electron chi connectivity index (χ4n) is 4.45. The molecule has 6 heteroatoms. The van der Waals surface area contributed by atoms with Crippen molar-refractivity contribution in [1.29, 1.82) is 0 Å². The molecule has 0 aromatic heterocycles. The second-order valence-corrected chi connectivity index (χ2v) is 8.81. The summed E-state index contributed by atoms with van der Waals surface area (Å²) in [5, 5.41) is 3.43. The van der Waals surface area contributed by atoms with E-state index >= 15 is 0 Å². The van der Waals surface area contributed by atoms with Crippen LogP contribution in [0.5, 0.6) is 5.75 Å². The highest BCUT2D eigenvalue weighted by atomic mass is 19.4. The normalized spacial score (nSPS) is 22.1. The van der Waals surface area contributed by atoms with E-state index in [-0.39, 0.29) is 18.9 Å². The van der Waals surface area contributed by atoms with Crippen molar-refractivity contribution >= 4 is 5.69 Å². The first-order valence-electron chi connectivity index (χ1n) is 11.1. The van der Waals surface area contributed by atoms with Crippen LogP contribution in [0.25, 0.3) is 0 Å². The number of hydrogen-bond donors (Lipinski definition) is 1. The topological polar surface area (TPSA) is 30.5 Å². The Morgan fingerprint density at radius 3 is 2.45 bits per heavy atom. The van der Waals surface area contributed by atoms with Crippen molar-refractivity contribution in [2.75, 3.05) is 25.1 Å². The predicted molar refractivity (Wildman–Crippen MR) is 116 cm³/mol. The number of ether oxygens (including phenoxy) is 2. The first-order chi connectivity index (χ1) is 14.9. The lowest BCUT2D eigenvalue weighted by molar-refractivity contribution is -0.182. The Bertz CT molecular complexity index is 871. The molecule has 4 rings (SSSR count). The van der Waals surface area contributed by atoms with Crippen LogP contribution in [0, 0.1) is 12.8 Å². The van der Waals surface area contributed by atoms with Crippen LogP contribution in [-0.2, 0) is 11.2 Å². The molecule has 0 radical (unpaired) electrons. The van der Waals surface area contributed by atoms with Crippen LogP contribution in [0.2, 0.25) is 0 Å². The largest absolute Gasteiger partial charge is 0.493 e. The number of anilines is 1. The molecule has 0 unspecified atom stereocenters. The molecule has 2 fully saturated rings. The molecule has 0 amide bonds. The Morgan fingerprint density at radius 2 is 1.81 bits per heavy atom. The maximum absolute atomic E-state index is 12.9. The smallest absolute Gasteiger partial charge is 0.391 e. The monoisotopic (exact) mass is 433 g/mol. The van der Waals surface area contributed by atoms with Crippen molar-refractivity contribution in [3.8, 4) is 5.75 Å². The van der Waals surface area contributed by atoms with Gasteiger partial charge in [0.25, 0.3) is 0 Å². The molecule has 31 heavy (non-hydrogen) atoms. The van der Waals surface area contributed by atoms with Crippen LogP contribution in [0.15, 0.2) is 42.5 Å². The van der Waals surface area contributed by atoms with E-state index in [2.05, 4.69) is 42.6 Å². The molecule has 1 saturated heterocycles. The van der Waals surface area contributed by atoms with E-state index in [1.165, 1.54) is 11.1 Å². The summed E-state index contributed by atoms with van der Waals surface area (Å²) in [7, 11) is 0. The lowest BCUT2D eigenvalue weighted by atomic mass is 9.85. The van der Waals surface area contributed by atoms with Crippen molar-refractivity contribution < 1.29 is 22.6 Å². The van der Waals surface area contributed by atoms with Gasteiger partial charge in [-0.15, -0.1) is 0 Å². The zero-order valence-corrected chi connectivity index (χ0v) is 17.9. The Balaban J connectivity index is 1.39. The molecule has 2 aromatic rings. The summed E-state index contributed by atoms with van der Waals surface area (Å²) in [5.74, 6) is 0.0206. The Kier molecular flexibility index (Phi) is 6.75. The third kappa shape index (κ3) is 5.73. The van der Waals surface area contributed by atoms with E-state index in [0.717, 1.165) is 23.4 Å². The van der Waals surface area contributed by atoms with Crippen molar-refractivity contribution in [2.24, 2.45) is 5.92 Å². The lowest BCUT2D eigenvalue weighted by Crippen LogP contribution is -2.32. The molecule has 1 heterocycles. The van der Waals surface area contributed by atoms with Crippen LogP contribution >= 0.6 is 0 Å². The average molecular weight is 434 g/mol. The highest BCUT2D eigenvalue weighted by Crippen LogP contribution is 2.39. The van der Waals surface area contributed by atoms with E-state index in [1.807, 2.05) is 12.1 Å². The minimum Gasteiger partial charge on any atom is -0.493 e. The number of benzene rings is 2. The highest BCUT2D eigenvalue weighted by Gasteiger charge is 2.41. The first-order valence-corrected chi connectivity index (χ1v) is 11.1. The molecular formula is C25H30F3NO2. The quantitative estimate of drug-likeness (QED) is 0.559. The third-order valence-electron chi connectivity index (χ3n) is 6.38. The van der Waals surface area contributed by atoms with Gasteiger partial charge in [-0.2, -0.15) is 13.2 Å². The molecule has 0 spiro atoms. The van der Waals surface area contributed by atoms with Gasteiger partial charge in [0.1, 0.15) is 5.75 Å². The standard InChI is InChI=1S/C25H30F3NO2/c1-17-3-2-4-18(13-17)11-12-31-24-14-22(9-10-23(24)19-15-30-16-19)29-21-7-5-20(6-8-21)25(26,27)28/h2-4,9-10,13-14,19-21,29H,5-8,11-12,15-16H2,1H3. The minimum atomic E-state index is -4.07. The van der Waals surface area contributed by atoms with Gasteiger partial charge in [0, 0.05) is 35.7 Å². The summed E-state index contributed by atoms with van der Waals surface area (Å²) in [5.41, 5.74) is 4.52. The Morgan fingerprint density at radius 1 is 1.03 bits per heavy atom. The summed E-state index contributed by atoms with van der Waals surface area (Å²) >= 11 is 0. The van der Waals surface area contributed by atoms with Gasteiger partial charge in [-0.25, -0.2) is 0 Å². The molecule has 2 aromatic carbocycles. The van der Waals surface area contributed by atoms with Crippen molar-refractivity contribution in [1.82, 2.24) is 0 Å². The highest BCUT2D eigenvalue weighted by molar-refractivity contribution is 5.54. The summed E-state index contributed by atoms with van der Waals surface area (Å²) in [4.78, 5) is 0. The Labute approximate surface area is 181 Å². The van der Waals surface area contributed by atoms with E-state index < -0.39 is 12.1 Å². The van der Waals surface area contributed by atoms with Crippen molar-refractivity contribution in [3.63, 3.8) is 0 Å². The van der Waals surface area contributed by atoms with E-state index in [0.29, 0.717) is 38.6 Å². The van der Waals surface area contributed by atoms with Gasteiger partial charge in [-0.3, -0.25) is 0 Å². The number of hydrogen-bond acceptors (Lipinski definition) is 3. The lowest BCUT2D eigenvalue weighted by Gasteiger charge is -2.31. The molecule has 168 valence electrons. The molecule has 1 aliphatic heterocycles. The Hall–Kier alpha value is -2.21. The van der Waals surface area contributed by atoms with Gasteiger partial charge in [0.05, 0.1) is 25.7 Å². The van der Waals surface area contributed by atoms with Crippen molar-refractivity contribution in [3.05, 3.63) is 59.2 Å². The third-order valence-corrected chi connectivity index (χ3v) is 6.38. The van der Waals surface area contributed by atoms with Gasteiger partial charge in [0.15, 0.2) is 0 Å². The fourth-order valence-corrected chi connectivity index (χ4v) is 4.45. The van der Waals surface area contributed by atoms with E-state index in [1.54, 1.807) is 0 Å². The van der Waals surface area contributed by atoms with Gasteiger partial charge >= 0.3 is 6.18 Å². The minimum absolute atomic E-state index is 0.0663. The maximum atomic E-state index is 12.9. The van der Waals surface area contributed by atoms with Crippen LogP contribution in [0.3, 0.4) is 0 Å². The molecule has 0 atom stereocenters. The molecule has 1 saturated carbocycles. The predicted octanol–water partition coefficient (Wildman–Crippen LogP) is 6.26. The van der Waals surface area contributed by atoms with E-state index in [4.69, 9.17) is 9.47 Å². The molecule has 1 N–H and O–H groups in total. The number of aryl methyl sites for hydroxylation is 1. The molecule has 0 bridgehead atoms. The van der Waals surface area contributed by atoms with Crippen LogP contribution < -0.4 is 10.1 Å². The van der Waals surface area contributed by atoms with Gasteiger partial charge in [0.2, 0.25) is 0 Å². The summed E-state index contributed by atoms with van der Waals surface area (Å²) < 4.78 is 50.3. The molecule has 1 aliphatic carbocycles.